The Balaban J connectivity index is 2.75. The maximum Gasteiger partial charge on any atom is 0.151 e. The minimum atomic E-state index is 0.420. The smallest absolute Gasteiger partial charge is 0.151 e. The summed E-state index contributed by atoms with van der Waals surface area (Å²) < 4.78 is 0. The number of rotatable bonds is 3. The summed E-state index contributed by atoms with van der Waals surface area (Å²) in [6, 6.07) is 3.35. The molecule has 0 aliphatic rings. The van der Waals surface area contributed by atoms with E-state index in [0.717, 1.165) is 0 Å². The molecule has 0 amide bonds. The Morgan fingerprint density at radius 1 is 1.50 bits per heavy atom. The molecule has 0 atom stereocenters. The molecule has 1 heterocycles. The van der Waals surface area contributed by atoms with E-state index in [1.54, 1.807) is 12.1 Å². The van der Waals surface area contributed by atoms with Gasteiger partial charge in [-0.15, -0.1) is 0 Å². The van der Waals surface area contributed by atoms with Crippen LogP contribution in [0.25, 0.3) is 0 Å². The maximum absolute atomic E-state index is 5.66. The molecule has 4 nitrogen and oxygen atoms in total. The summed E-state index contributed by atoms with van der Waals surface area (Å²) in [5.74, 6) is 0.591. The second kappa shape index (κ2) is 4.13. The first-order valence-corrected chi connectivity index (χ1v) is 3.98. The first-order valence-electron chi connectivity index (χ1n) is 3.60. The highest BCUT2D eigenvalue weighted by Gasteiger charge is 1.99. The van der Waals surface area contributed by atoms with Crippen LogP contribution in [0.3, 0.4) is 0 Å². The van der Waals surface area contributed by atoms with Gasteiger partial charge in [-0.1, -0.05) is 11.6 Å². The van der Waals surface area contributed by atoms with Crippen molar-refractivity contribution in [3.63, 3.8) is 0 Å². The second-order valence-electron chi connectivity index (χ2n) is 2.29. The van der Waals surface area contributed by atoms with E-state index in [-0.39, 0.29) is 0 Å². The molecule has 0 saturated carbocycles. The van der Waals surface area contributed by atoms with Crippen molar-refractivity contribution in [3.8, 4) is 0 Å². The fraction of sp³-hybridized carbons (Fsp3) is 0.286. The third-order valence-electron chi connectivity index (χ3n) is 1.33. The second-order valence-corrected chi connectivity index (χ2v) is 2.67. The monoisotopic (exact) mass is 186 g/mol. The largest absolute Gasteiger partial charge is 0.396 e. The highest BCUT2D eigenvalue weighted by Crippen LogP contribution is 2.17. The fourth-order valence-corrected chi connectivity index (χ4v) is 0.926. The Hall–Kier alpha value is -1.00. The van der Waals surface area contributed by atoms with E-state index < -0.39 is 0 Å². The molecule has 0 aliphatic heterocycles. The molecule has 5 N–H and O–H groups in total. The Morgan fingerprint density at radius 3 is 2.92 bits per heavy atom. The van der Waals surface area contributed by atoms with Crippen molar-refractivity contribution in [2.24, 2.45) is 5.73 Å². The van der Waals surface area contributed by atoms with Crippen LogP contribution in [0.2, 0.25) is 5.15 Å². The quantitative estimate of drug-likeness (QED) is 0.607. The molecule has 12 heavy (non-hydrogen) atoms. The van der Waals surface area contributed by atoms with Gasteiger partial charge in [0.05, 0.1) is 5.69 Å². The van der Waals surface area contributed by atoms with Gasteiger partial charge in [0.15, 0.2) is 5.82 Å². The SMILES string of the molecule is NCCNc1nc(Cl)ccc1N. The summed E-state index contributed by atoms with van der Waals surface area (Å²) in [6.45, 7) is 1.17. The van der Waals surface area contributed by atoms with E-state index in [1.807, 2.05) is 0 Å². The Labute approximate surface area is 75.9 Å². The molecule has 0 unspecified atom stereocenters. The molecule has 0 fully saturated rings. The fourth-order valence-electron chi connectivity index (χ4n) is 0.778. The molecule has 0 spiro atoms. The third-order valence-corrected chi connectivity index (χ3v) is 1.54. The van der Waals surface area contributed by atoms with Crippen LogP contribution in [0.4, 0.5) is 11.5 Å². The van der Waals surface area contributed by atoms with Gasteiger partial charge in [0.1, 0.15) is 5.15 Å². The Morgan fingerprint density at radius 2 is 2.25 bits per heavy atom. The van der Waals surface area contributed by atoms with Crippen LogP contribution in [0, 0.1) is 0 Å². The first kappa shape index (κ1) is 9.09. The lowest BCUT2D eigenvalue weighted by atomic mass is 10.4. The average Bonchev–Trinajstić information content (AvgIpc) is 2.07. The first-order chi connectivity index (χ1) is 5.74. The Bertz CT molecular complexity index is 264. The lowest BCUT2D eigenvalue weighted by Gasteiger charge is -2.06. The van der Waals surface area contributed by atoms with Gasteiger partial charge in [-0.05, 0) is 12.1 Å². The zero-order valence-electron chi connectivity index (χ0n) is 6.55. The topological polar surface area (TPSA) is 77.0 Å². The van der Waals surface area contributed by atoms with E-state index in [2.05, 4.69) is 10.3 Å². The summed E-state index contributed by atoms with van der Waals surface area (Å²) >= 11 is 5.66. The third kappa shape index (κ3) is 2.25. The molecular weight excluding hydrogens is 176 g/mol. The van der Waals surface area contributed by atoms with Gasteiger partial charge in [0.25, 0.3) is 0 Å². The highest BCUT2D eigenvalue weighted by atomic mass is 35.5. The predicted molar refractivity (Wildman–Crippen MR) is 51.2 cm³/mol. The van der Waals surface area contributed by atoms with E-state index in [1.165, 1.54) is 0 Å². The van der Waals surface area contributed by atoms with E-state index in [0.29, 0.717) is 29.7 Å². The van der Waals surface area contributed by atoms with Gasteiger partial charge >= 0.3 is 0 Å². The number of halogens is 1. The number of nitrogen functional groups attached to an aromatic ring is 1. The number of hydrogen-bond donors (Lipinski definition) is 3. The van der Waals surface area contributed by atoms with Gasteiger partial charge in [-0.3, -0.25) is 0 Å². The summed E-state index contributed by atoms with van der Waals surface area (Å²) in [5, 5.41) is 3.38. The minimum Gasteiger partial charge on any atom is -0.396 e. The molecule has 1 aromatic rings. The number of anilines is 2. The summed E-state index contributed by atoms with van der Waals surface area (Å²) in [6.07, 6.45) is 0. The molecule has 0 radical (unpaired) electrons. The standard InChI is InChI=1S/C7H11ClN4/c8-6-2-1-5(10)7(12-6)11-4-3-9/h1-2H,3-4,9-10H2,(H,11,12). The predicted octanol–water partition coefficient (Wildman–Crippen LogP) is 0.688. The lowest BCUT2D eigenvalue weighted by Crippen LogP contribution is -2.14. The molecule has 1 aromatic heterocycles. The number of nitrogens with two attached hydrogens (primary N) is 2. The summed E-state index contributed by atoms with van der Waals surface area (Å²) in [7, 11) is 0. The number of nitrogens with zero attached hydrogens (tertiary/aromatic N) is 1. The van der Waals surface area contributed by atoms with Gasteiger partial charge in [0, 0.05) is 13.1 Å². The van der Waals surface area contributed by atoms with Crippen LogP contribution < -0.4 is 16.8 Å². The normalized spacial score (nSPS) is 9.83. The number of aromatic nitrogens is 1. The summed E-state index contributed by atoms with van der Waals surface area (Å²) in [5.41, 5.74) is 11.5. The van der Waals surface area contributed by atoms with E-state index in [9.17, 15) is 0 Å². The van der Waals surface area contributed by atoms with Crippen molar-refractivity contribution >= 4 is 23.1 Å². The molecule has 0 saturated heterocycles. The highest BCUT2D eigenvalue weighted by molar-refractivity contribution is 6.29. The zero-order chi connectivity index (χ0) is 8.97. The minimum absolute atomic E-state index is 0.420. The average molecular weight is 187 g/mol. The molecule has 0 aliphatic carbocycles. The lowest BCUT2D eigenvalue weighted by molar-refractivity contribution is 1.01. The molecule has 1 rings (SSSR count). The number of pyridine rings is 1. The maximum atomic E-state index is 5.66. The van der Waals surface area contributed by atoms with Gasteiger partial charge < -0.3 is 16.8 Å². The number of nitrogens with one attached hydrogen (secondary N) is 1. The van der Waals surface area contributed by atoms with E-state index in [4.69, 9.17) is 23.1 Å². The van der Waals surface area contributed by atoms with Gasteiger partial charge in [0.2, 0.25) is 0 Å². The van der Waals surface area contributed by atoms with Crippen molar-refractivity contribution in [1.82, 2.24) is 4.98 Å². The molecule has 66 valence electrons. The van der Waals surface area contributed by atoms with Crippen LogP contribution in [0.1, 0.15) is 0 Å². The van der Waals surface area contributed by atoms with Crippen LogP contribution in [-0.2, 0) is 0 Å². The van der Waals surface area contributed by atoms with Crippen molar-refractivity contribution in [1.29, 1.82) is 0 Å². The van der Waals surface area contributed by atoms with Gasteiger partial charge in [-0.25, -0.2) is 4.98 Å². The Kier molecular flexibility index (Phi) is 3.13. The van der Waals surface area contributed by atoms with Crippen molar-refractivity contribution in [2.45, 2.75) is 0 Å². The molecule has 0 bridgehead atoms. The van der Waals surface area contributed by atoms with Crippen LogP contribution in [0.15, 0.2) is 12.1 Å². The molecular formula is C7H11ClN4. The number of hydrogen-bond acceptors (Lipinski definition) is 4. The van der Waals surface area contributed by atoms with Crippen LogP contribution in [0.5, 0.6) is 0 Å². The molecule has 5 heteroatoms. The van der Waals surface area contributed by atoms with E-state index >= 15 is 0 Å². The van der Waals surface area contributed by atoms with Crippen molar-refractivity contribution in [3.05, 3.63) is 17.3 Å². The summed E-state index contributed by atoms with van der Waals surface area (Å²) in [4.78, 5) is 3.98. The molecule has 0 aromatic carbocycles. The van der Waals surface area contributed by atoms with Crippen LogP contribution in [-0.4, -0.2) is 18.1 Å². The van der Waals surface area contributed by atoms with Crippen molar-refractivity contribution < 1.29 is 0 Å². The van der Waals surface area contributed by atoms with Crippen LogP contribution >= 0.6 is 11.6 Å². The van der Waals surface area contributed by atoms with Crippen molar-refractivity contribution in [2.75, 3.05) is 24.1 Å². The zero-order valence-corrected chi connectivity index (χ0v) is 7.30. The van der Waals surface area contributed by atoms with Gasteiger partial charge in [-0.2, -0.15) is 0 Å².